The maximum Gasteiger partial charge on any atom is 0.313 e. The van der Waals surface area contributed by atoms with Crippen LogP contribution in [-0.2, 0) is 20.9 Å². The summed E-state index contributed by atoms with van der Waals surface area (Å²) in [5, 5.41) is 16.7. The highest BCUT2D eigenvalue weighted by Gasteiger charge is 2.15. The largest absolute Gasteiger partial charge is 0.460 e. The van der Waals surface area contributed by atoms with Gasteiger partial charge in [0, 0.05) is 18.3 Å². The molecule has 8 heteroatoms. The molecule has 0 aliphatic rings. The number of anilines is 1. The van der Waals surface area contributed by atoms with Gasteiger partial charge in [0.05, 0.1) is 6.54 Å². The highest BCUT2D eigenvalue weighted by atomic mass is 16.3. The molecule has 150 valence electrons. The summed E-state index contributed by atoms with van der Waals surface area (Å²) >= 11 is 0. The van der Waals surface area contributed by atoms with E-state index in [9.17, 15) is 14.4 Å². The van der Waals surface area contributed by atoms with Crippen molar-refractivity contribution in [2.75, 3.05) is 11.9 Å². The van der Waals surface area contributed by atoms with E-state index < -0.39 is 17.7 Å². The molecule has 3 N–H and O–H groups in total. The van der Waals surface area contributed by atoms with Crippen LogP contribution < -0.4 is 16.0 Å². The zero-order valence-electron chi connectivity index (χ0n) is 16.2. The van der Waals surface area contributed by atoms with E-state index in [2.05, 4.69) is 16.0 Å². The molecule has 0 aliphatic carbocycles. The summed E-state index contributed by atoms with van der Waals surface area (Å²) in [6.45, 7) is 4.33. The Morgan fingerprint density at radius 1 is 1.03 bits per heavy atom. The van der Waals surface area contributed by atoms with Crippen molar-refractivity contribution in [3.05, 3.63) is 59.6 Å². The average molecular weight is 394 g/mol. The molecular formula is C21H22N4O4. The highest BCUT2D eigenvalue weighted by Crippen LogP contribution is 2.12. The normalized spacial score (nSPS) is 10.9. The summed E-state index contributed by atoms with van der Waals surface area (Å²) in [5.41, 5.74) is 0.427. The van der Waals surface area contributed by atoms with Crippen molar-refractivity contribution < 1.29 is 18.8 Å². The first-order valence-electron chi connectivity index (χ1n) is 9.02. The van der Waals surface area contributed by atoms with Crippen LogP contribution in [0.1, 0.15) is 25.4 Å². The second-order valence-corrected chi connectivity index (χ2v) is 6.58. The Bertz CT molecular complexity index is 939. The molecule has 1 aromatic heterocycles. The van der Waals surface area contributed by atoms with Crippen molar-refractivity contribution in [3.63, 3.8) is 0 Å². The molecule has 29 heavy (non-hydrogen) atoms. The van der Waals surface area contributed by atoms with Crippen molar-refractivity contribution >= 4 is 29.5 Å². The number of furan rings is 1. The van der Waals surface area contributed by atoms with E-state index in [4.69, 9.17) is 9.68 Å². The van der Waals surface area contributed by atoms with E-state index >= 15 is 0 Å². The van der Waals surface area contributed by atoms with Gasteiger partial charge in [-0.05, 0) is 30.2 Å². The number of amides is 3. The maximum atomic E-state index is 12.0. The summed E-state index contributed by atoms with van der Waals surface area (Å²) in [5.74, 6) is -1.16. The molecule has 0 aliphatic heterocycles. The molecule has 0 fully saturated rings. The molecule has 0 radical (unpaired) electrons. The summed E-state index contributed by atoms with van der Waals surface area (Å²) in [6.07, 6.45) is 1.32. The molecule has 8 nitrogen and oxygen atoms in total. The number of rotatable bonds is 7. The predicted molar refractivity (Wildman–Crippen MR) is 107 cm³/mol. The Balaban J connectivity index is 1.90. The fourth-order valence-corrected chi connectivity index (χ4v) is 2.21. The van der Waals surface area contributed by atoms with E-state index in [1.165, 1.54) is 6.08 Å². The summed E-state index contributed by atoms with van der Waals surface area (Å²) < 4.78 is 5.49. The molecule has 2 rings (SSSR count). The lowest BCUT2D eigenvalue weighted by molar-refractivity contribution is -0.136. The van der Waals surface area contributed by atoms with Gasteiger partial charge in [-0.2, -0.15) is 5.26 Å². The number of benzene rings is 1. The Morgan fingerprint density at radius 2 is 1.76 bits per heavy atom. The average Bonchev–Trinajstić information content (AvgIpc) is 3.16. The topological polar surface area (TPSA) is 124 Å². The minimum absolute atomic E-state index is 0.0175. The van der Waals surface area contributed by atoms with Gasteiger partial charge in [0.25, 0.3) is 5.91 Å². The van der Waals surface area contributed by atoms with Crippen LogP contribution in [0, 0.1) is 17.2 Å². The molecule has 3 amide bonds. The Hall–Kier alpha value is -3.86. The van der Waals surface area contributed by atoms with Crippen LogP contribution >= 0.6 is 0 Å². The Labute approximate surface area is 168 Å². The minimum atomic E-state index is -0.812. The van der Waals surface area contributed by atoms with Gasteiger partial charge >= 0.3 is 11.8 Å². The predicted octanol–water partition coefficient (Wildman–Crippen LogP) is 2.21. The van der Waals surface area contributed by atoms with Crippen molar-refractivity contribution in [2.24, 2.45) is 5.92 Å². The standard InChI is InChI=1S/C21H22N4O4/c1-14(2)12-23-19(26)15(11-22)10-17-8-9-18(29-17)13-24-20(27)21(28)25-16-6-4-3-5-7-16/h3-10,14H,12-13H2,1-2H3,(H,23,26)(H,24,27)(H,25,28)/b15-10-. The highest BCUT2D eigenvalue weighted by molar-refractivity contribution is 6.39. The third kappa shape index (κ3) is 6.99. The van der Waals surface area contributed by atoms with E-state index in [-0.39, 0.29) is 18.0 Å². The number of nitrogens with one attached hydrogen (secondary N) is 3. The number of nitrogens with zero attached hydrogens (tertiary/aromatic N) is 1. The Morgan fingerprint density at radius 3 is 2.41 bits per heavy atom. The summed E-state index contributed by atoms with van der Waals surface area (Å²) in [4.78, 5) is 35.7. The van der Waals surface area contributed by atoms with Gasteiger partial charge in [-0.15, -0.1) is 0 Å². The maximum absolute atomic E-state index is 12.0. The molecule has 0 bridgehead atoms. The van der Waals surface area contributed by atoms with Crippen LogP contribution in [0.3, 0.4) is 0 Å². The van der Waals surface area contributed by atoms with Crippen LogP contribution in [0.5, 0.6) is 0 Å². The minimum Gasteiger partial charge on any atom is -0.460 e. The van der Waals surface area contributed by atoms with Crippen molar-refractivity contribution in [3.8, 4) is 6.07 Å². The van der Waals surface area contributed by atoms with E-state index in [1.54, 1.807) is 42.5 Å². The number of hydrogen-bond acceptors (Lipinski definition) is 5. The molecule has 1 heterocycles. The molecule has 1 aromatic carbocycles. The third-order valence-corrected chi connectivity index (χ3v) is 3.67. The van der Waals surface area contributed by atoms with Gasteiger partial charge in [-0.25, -0.2) is 0 Å². The molecule has 2 aromatic rings. The first-order chi connectivity index (χ1) is 13.9. The third-order valence-electron chi connectivity index (χ3n) is 3.67. The quantitative estimate of drug-likeness (QED) is 0.377. The lowest BCUT2D eigenvalue weighted by Crippen LogP contribution is -2.34. The summed E-state index contributed by atoms with van der Waals surface area (Å²) in [7, 11) is 0. The molecule has 0 unspecified atom stereocenters. The second-order valence-electron chi connectivity index (χ2n) is 6.58. The number of carbonyl (C=O) groups is 3. The number of nitriles is 1. The lowest BCUT2D eigenvalue weighted by atomic mass is 10.2. The monoisotopic (exact) mass is 394 g/mol. The van der Waals surface area contributed by atoms with Gasteiger partial charge in [-0.3, -0.25) is 14.4 Å². The van der Waals surface area contributed by atoms with Crippen molar-refractivity contribution in [1.82, 2.24) is 10.6 Å². The molecule has 0 saturated carbocycles. The molecular weight excluding hydrogens is 372 g/mol. The van der Waals surface area contributed by atoms with Gasteiger partial charge in [0.15, 0.2) is 0 Å². The fourth-order valence-electron chi connectivity index (χ4n) is 2.21. The first kappa shape index (κ1) is 21.4. The first-order valence-corrected chi connectivity index (χ1v) is 9.02. The second kappa shape index (κ2) is 10.5. The fraction of sp³-hybridized carbons (Fsp3) is 0.238. The smallest absolute Gasteiger partial charge is 0.313 e. The van der Waals surface area contributed by atoms with Gasteiger partial charge < -0.3 is 20.4 Å². The van der Waals surface area contributed by atoms with Crippen LogP contribution in [-0.4, -0.2) is 24.3 Å². The van der Waals surface area contributed by atoms with Crippen LogP contribution in [0.2, 0.25) is 0 Å². The van der Waals surface area contributed by atoms with E-state index in [0.29, 0.717) is 23.8 Å². The number of carbonyl (C=O) groups excluding carboxylic acids is 3. The summed E-state index contributed by atoms with van der Waals surface area (Å²) in [6, 6.07) is 13.6. The van der Waals surface area contributed by atoms with Crippen LogP contribution in [0.15, 0.2) is 52.5 Å². The van der Waals surface area contributed by atoms with Crippen LogP contribution in [0.4, 0.5) is 5.69 Å². The zero-order valence-corrected chi connectivity index (χ0v) is 16.2. The van der Waals surface area contributed by atoms with Gasteiger partial charge in [0.1, 0.15) is 23.2 Å². The van der Waals surface area contributed by atoms with Gasteiger partial charge in [-0.1, -0.05) is 32.0 Å². The SMILES string of the molecule is CC(C)CNC(=O)/C(C#N)=C\c1ccc(CNC(=O)C(=O)Nc2ccccc2)o1. The molecule has 0 atom stereocenters. The van der Waals surface area contributed by atoms with Crippen molar-refractivity contribution in [1.29, 1.82) is 5.26 Å². The number of para-hydroxylation sites is 1. The molecule has 0 saturated heterocycles. The lowest BCUT2D eigenvalue weighted by Gasteiger charge is -2.06. The van der Waals surface area contributed by atoms with Crippen LogP contribution in [0.25, 0.3) is 6.08 Å². The van der Waals surface area contributed by atoms with Crippen molar-refractivity contribution in [2.45, 2.75) is 20.4 Å². The Kier molecular flexibility index (Phi) is 7.74. The molecule has 0 spiro atoms. The van der Waals surface area contributed by atoms with Gasteiger partial charge in [0.2, 0.25) is 0 Å². The van der Waals surface area contributed by atoms with E-state index in [1.807, 2.05) is 19.9 Å². The number of hydrogen-bond donors (Lipinski definition) is 3. The zero-order chi connectivity index (χ0) is 21.2. The van der Waals surface area contributed by atoms with E-state index in [0.717, 1.165) is 0 Å².